The van der Waals surface area contributed by atoms with E-state index in [1.807, 2.05) is 0 Å². The van der Waals surface area contributed by atoms with Crippen LogP contribution in [0, 0.1) is 0 Å². The van der Waals surface area contributed by atoms with Crippen molar-refractivity contribution in [3.63, 3.8) is 0 Å². The Morgan fingerprint density at radius 3 is 2.67 bits per heavy atom. The van der Waals surface area contributed by atoms with Crippen molar-refractivity contribution >= 4 is 5.91 Å². The molecule has 0 radical (unpaired) electrons. The zero-order valence-corrected chi connectivity index (χ0v) is 15.6. The molecule has 2 atom stereocenters. The molecule has 0 unspecified atom stereocenters. The second-order valence-electron chi connectivity index (χ2n) is 7.10. The number of carbonyl (C=O) groups is 1. The van der Waals surface area contributed by atoms with Crippen molar-refractivity contribution in [1.82, 2.24) is 10.2 Å². The molecule has 1 amide bonds. The second-order valence-corrected chi connectivity index (χ2v) is 7.10. The Hall–Kier alpha value is -0.650. The fourth-order valence-electron chi connectivity index (χ4n) is 3.81. The predicted octanol–water partition coefficient (Wildman–Crippen LogP) is 2.73. The number of carbonyl (C=O) groups excluding carboxylic acids is 1. The van der Waals surface area contributed by atoms with Crippen LogP contribution in [0.4, 0.5) is 0 Å². The largest absolute Gasteiger partial charge is 0.376 e. The molecule has 1 saturated heterocycles. The van der Waals surface area contributed by atoms with Gasteiger partial charge < -0.3 is 14.8 Å². The quantitative estimate of drug-likeness (QED) is 0.545. The van der Waals surface area contributed by atoms with Crippen molar-refractivity contribution in [3.05, 3.63) is 0 Å². The monoisotopic (exact) mass is 340 g/mol. The van der Waals surface area contributed by atoms with E-state index in [1.165, 1.54) is 38.5 Å². The fourth-order valence-corrected chi connectivity index (χ4v) is 3.81. The highest BCUT2D eigenvalue weighted by molar-refractivity contribution is 5.81. The summed E-state index contributed by atoms with van der Waals surface area (Å²) in [5.41, 5.74) is 0. The topological polar surface area (TPSA) is 50.8 Å². The molecule has 140 valence electrons. The number of rotatable bonds is 8. The molecule has 2 rings (SSSR count). The zero-order valence-electron chi connectivity index (χ0n) is 15.6. The van der Waals surface area contributed by atoms with Crippen LogP contribution in [0.5, 0.6) is 0 Å². The van der Waals surface area contributed by atoms with Crippen LogP contribution in [0.2, 0.25) is 0 Å². The molecule has 1 aliphatic heterocycles. The van der Waals surface area contributed by atoms with Crippen LogP contribution < -0.4 is 5.32 Å². The summed E-state index contributed by atoms with van der Waals surface area (Å²) < 4.78 is 11.7. The summed E-state index contributed by atoms with van der Waals surface area (Å²) in [5.74, 6) is 0.138. The summed E-state index contributed by atoms with van der Waals surface area (Å²) in [6.45, 7) is 7.92. The molecule has 1 aliphatic carbocycles. The molecule has 0 aromatic carbocycles. The van der Waals surface area contributed by atoms with E-state index in [0.717, 1.165) is 32.5 Å². The van der Waals surface area contributed by atoms with Crippen LogP contribution in [0.25, 0.3) is 0 Å². The van der Waals surface area contributed by atoms with Crippen LogP contribution in [0.3, 0.4) is 0 Å². The van der Waals surface area contributed by atoms with Gasteiger partial charge in [-0.1, -0.05) is 39.5 Å². The SMILES string of the molecule is CC[C@H]1CN([C@@H](CC)C(=O)NCCOC2CCCCCC2)CCO1. The maximum atomic E-state index is 12.5. The van der Waals surface area contributed by atoms with Gasteiger partial charge in [-0.2, -0.15) is 0 Å². The molecule has 0 aromatic rings. The van der Waals surface area contributed by atoms with E-state index in [-0.39, 0.29) is 18.1 Å². The van der Waals surface area contributed by atoms with E-state index in [2.05, 4.69) is 24.1 Å². The van der Waals surface area contributed by atoms with Crippen molar-refractivity contribution in [1.29, 1.82) is 0 Å². The summed E-state index contributed by atoms with van der Waals surface area (Å²) in [6, 6.07) is -0.0409. The molecule has 1 heterocycles. The van der Waals surface area contributed by atoms with Gasteiger partial charge >= 0.3 is 0 Å². The Labute approximate surface area is 147 Å². The van der Waals surface area contributed by atoms with Crippen molar-refractivity contribution in [2.75, 3.05) is 32.8 Å². The molecule has 0 bridgehead atoms. The summed E-state index contributed by atoms with van der Waals surface area (Å²) >= 11 is 0. The van der Waals surface area contributed by atoms with E-state index in [9.17, 15) is 4.79 Å². The average Bonchev–Trinajstić information content (AvgIpc) is 2.88. The van der Waals surface area contributed by atoms with E-state index >= 15 is 0 Å². The van der Waals surface area contributed by atoms with E-state index in [1.54, 1.807) is 0 Å². The summed E-state index contributed by atoms with van der Waals surface area (Å²) in [7, 11) is 0. The number of hydrogen-bond acceptors (Lipinski definition) is 4. The van der Waals surface area contributed by atoms with Gasteiger partial charge in [0.1, 0.15) is 0 Å². The first-order chi connectivity index (χ1) is 11.7. The minimum atomic E-state index is -0.0409. The number of ether oxygens (including phenoxy) is 2. The average molecular weight is 341 g/mol. The lowest BCUT2D eigenvalue weighted by molar-refractivity contribution is -0.130. The lowest BCUT2D eigenvalue weighted by atomic mass is 10.1. The Kier molecular flexibility index (Phi) is 9.07. The molecule has 0 spiro atoms. The summed E-state index contributed by atoms with van der Waals surface area (Å²) in [5, 5.41) is 3.07. The molecular weight excluding hydrogens is 304 g/mol. The second kappa shape index (κ2) is 11.1. The predicted molar refractivity (Wildman–Crippen MR) is 96.1 cm³/mol. The lowest BCUT2D eigenvalue weighted by Gasteiger charge is -2.37. The van der Waals surface area contributed by atoms with E-state index in [0.29, 0.717) is 19.3 Å². The third kappa shape index (κ3) is 6.34. The minimum absolute atomic E-state index is 0.0409. The zero-order chi connectivity index (χ0) is 17.2. The first-order valence-electron chi connectivity index (χ1n) is 9.99. The minimum Gasteiger partial charge on any atom is -0.376 e. The number of morpholine rings is 1. The Morgan fingerprint density at radius 1 is 1.25 bits per heavy atom. The van der Waals surface area contributed by atoms with Gasteiger partial charge in [0.25, 0.3) is 0 Å². The van der Waals surface area contributed by atoms with Crippen LogP contribution in [0.15, 0.2) is 0 Å². The van der Waals surface area contributed by atoms with Crippen molar-refractivity contribution in [2.24, 2.45) is 0 Å². The van der Waals surface area contributed by atoms with Gasteiger partial charge in [0.05, 0.1) is 31.5 Å². The van der Waals surface area contributed by atoms with Crippen molar-refractivity contribution < 1.29 is 14.3 Å². The van der Waals surface area contributed by atoms with Gasteiger partial charge in [0.15, 0.2) is 0 Å². The molecule has 1 saturated carbocycles. The van der Waals surface area contributed by atoms with Gasteiger partial charge in [-0.05, 0) is 25.7 Å². The Morgan fingerprint density at radius 2 is 2.00 bits per heavy atom. The molecule has 24 heavy (non-hydrogen) atoms. The van der Waals surface area contributed by atoms with E-state index in [4.69, 9.17) is 9.47 Å². The first-order valence-corrected chi connectivity index (χ1v) is 9.99. The fraction of sp³-hybridized carbons (Fsp3) is 0.947. The Bertz CT molecular complexity index is 357. The van der Waals surface area contributed by atoms with Crippen LogP contribution >= 0.6 is 0 Å². The first kappa shape index (κ1) is 19.7. The molecule has 2 fully saturated rings. The highest BCUT2D eigenvalue weighted by atomic mass is 16.5. The van der Waals surface area contributed by atoms with Crippen molar-refractivity contribution in [2.45, 2.75) is 83.5 Å². The van der Waals surface area contributed by atoms with Gasteiger partial charge in [-0.15, -0.1) is 0 Å². The molecule has 5 heteroatoms. The third-order valence-corrected chi connectivity index (χ3v) is 5.31. The number of nitrogens with one attached hydrogen (secondary N) is 1. The molecule has 0 aromatic heterocycles. The van der Waals surface area contributed by atoms with Crippen LogP contribution in [-0.2, 0) is 14.3 Å². The van der Waals surface area contributed by atoms with Gasteiger partial charge in [-0.3, -0.25) is 9.69 Å². The van der Waals surface area contributed by atoms with Crippen LogP contribution in [-0.4, -0.2) is 61.9 Å². The maximum absolute atomic E-state index is 12.5. The van der Waals surface area contributed by atoms with Crippen LogP contribution in [0.1, 0.15) is 65.2 Å². The highest BCUT2D eigenvalue weighted by Crippen LogP contribution is 2.19. The molecular formula is C19H36N2O3. The molecule has 5 nitrogen and oxygen atoms in total. The smallest absolute Gasteiger partial charge is 0.237 e. The maximum Gasteiger partial charge on any atom is 0.237 e. The highest BCUT2D eigenvalue weighted by Gasteiger charge is 2.28. The summed E-state index contributed by atoms with van der Waals surface area (Å²) in [4.78, 5) is 14.8. The van der Waals surface area contributed by atoms with E-state index < -0.39 is 0 Å². The van der Waals surface area contributed by atoms with Gasteiger partial charge in [-0.25, -0.2) is 0 Å². The number of amides is 1. The summed E-state index contributed by atoms with van der Waals surface area (Å²) in [6.07, 6.45) is 10.1. The molecule has 1 N–H and O–H groups in total. The Balaban J connectivity index is 1.67. The van der Waals surface area contributed by atoms with Gasteiger partial charge in [0, 0.05) is 19.6 Å². The third-order valence-electron chi connectivity index (χ3n) is 5.31. The number of hydrogen-bond donors (Lipinski definition) is 1. The van der Waals surface area contributed by atoms with Gasteiger partial charge in [0.2, 0.25) is 5.91 Å². The standard InChI is InChI=1S/C19H36N2O3/c1-3-16-15-21(12-14-24-16)18(4-2)19(22)20-11-13-23-17-9-7-5-6-8-10-17/h16-18H,3-15H2,1-2H3,(H,20,22)/t16-,18-/m0/s1. The normalized spacial score (nSPS) is 25.2. The number of nitrogens with zero attached hydrogens (tertiary/aromatic N) is 1. The molecule has 2 aliphatic rings. The lowest BCUT2D eigenvalue weighted by Crippen LogP contribution is -2.53. The van der Waals surface area contributed by atoms with Crippen molar-refractivity contribution in [3.8, 4) is 0 Å².